The predicted octanol–water partition coefficient (Wildman–Crippen LogP) is 12.8. The van der Waals surface area contributed by atoms with Gasteiger partial charge in [-0.15, -0.1) is 0 Å². The molecule has 2 aliphatic rings. The van der Waals surface area contributed by atoms with E-state index in [0.717, 1.165) is 38.5 Å². The van der Waals surface area contributed by atoms with Gasteiger partial charge in [0.1, 0.15) is 0 Å². The molecule has 1 aliphatic heterocycles. The van der Waals surface area contributed by atoms with Gasteiger partial charge >= 0.3 is 0 Å². The highest BCUT2D eigenvalue weighted by molar-refractivity contribution is 6.14. The van der Waals surface area contributed by atoms with E-state index in [1.165, 1.54) is 44.8 Å². The van der Waals surface area contributed by atoms with Gasteiger partial charge in [-0.2, -0.15) is 0 Å². The number of nitrogens with two attached hydrogens (primary N) is 1. The zero-order valence-electron chi connectivity index (χ0n) is 31.4. The molecule has 7 aromatic carbocycles. The molecule has 0 amide bonds. The van der Waals surface area contributed by atoms with E-state index in [1.807, 2.05) is 22.8 Å². The smallest absolute Gasteiger partial charge is 0.205 e. The molecule has 0 saturated carbocycles. The van der Waals surface area contributed by atoms with Crippen molar-refractivity contribution in [2.75, 3.05) is 4.90 Å². The van der Waals surface area contributed by atoms with Gasteiger partial charge in [-0.05, 0) is 98.6 Å². The van der Waals surface area contributed by atoms with Crippen molar-refractivity contribution in [1.82, 2.24) is 4.57 Å². The zero-order chi connectivity index (χ0) is 38.3. The van der Waals surface area contributed by atoms with Gasteiger partial charge in [0, 0.05) is 34.3 Å². The molecule has 0 saturated heterocycles. The van der Waals surface area contributed by atoms with Crippen molar-refractivity contribution >= 4 is 50.3 Å². The first-order valence-corrected chi connectivity index (χ1v) is 19.4. The van der Waals surface area contributed by atoms with Gasteiger partial charge in [0.25, 0.3) is 0 Å². The lowest BCUT2D eigenvalue weighted by atomic mass is 9.86. The van der Waals surface area contributed by atoms with Crippen LogP contribution in [0.2, 0.25) is 0 Å². The third kappa shape index (κ3) is 6.18. The van der Waals surface area contributed by atoms with Crippen molar-refractivity contribution in [3.05, 3.63) is 230 Å². The summed E-state index contributed by atoms with van der Waals surface area (Å²) < 4.78 is 2.05. The summed E-state index contributed by atoms with van der Waals surface area (Å²) in [6.45, 7) is 4.33. The summed E-state index contributed by atoms with van der Waals surface area (Å²) in [5.41, 5.74) is 21.7. The number of aromatic nitrogens is 1. The molecule has 10 rings (SSSR count). The molecule has 2 unspecified atom stereocenters. The number of benzene rings is 7. The third-order valence-electron chi connectivity index (χ3n) is 11.4. The van der Waals surface area contributed by atoms with E-state index in [4.69, 9.17) is 10.7 Å². The molecule has 4 nitrogen and oxygen atoms in total. The number of hydrogen-bond donors (Lipinski definition) is 1. The van der Waals surface area contributed by atoms with Crippen LogP contribution in [0.4, 0.5) is 11.4 Å². The Kier molecular flexibility index (Phi) is 8.57. The number of fused-ring (bicyclic) bond motifs is 6. The van der Waals surface area contributed by atoms with Crippen LogP contribution in [0.1, 0.15) is 22.6 Å². The van der Waals surface area contributed by atoms with E-state index in [0.29, 0.717) is 5.96 Å². The molecule has 272 valence electrons. The van der Waals surface area contributed by atoms with Gasteiger partial charge < -0.3 is 10.6 Å². The highest BCUT2D eigenvalue weighted by Gasteiger charge is 2.38. The van der Waals surface area contributed by atoms with Crippen LogP contribution in [0.25, 0.3) is 55.2 Å². The first-order valence-electron chi connectivity index (χ1n) is 19.4. The number of anilines is 2. The second-order valence-electron chi connectivity index (χ2n) is 14.7. The molecule has 0 radical (unpaired) electrons. The Hall–Kier alpha value is -7.43. The molecule has 57 heavy (non-hydrogen) atoms. The lowest BCUT2D eigenvalue weighted by Crippen LogP contribution is -2.28. The van der Waals surface area contributed by atoms with E-state index in [9.17, 15) is 0 Å². The minimum Gasteiger partial charge on any atom is -0.369 e. The molecule has 2 atom stereocenters. The highest BCUT2D eigenvalue weighted by Crippen LogP contribution is 2.49. The van der Waals surface area contributed by atoms with Gasteiger partial charge in [0.2, 0.25) is 5.96 Å². The monoisotopic (exact) mass is 732 g/mol. The maximum atomic E-state index is 6.79. The van der Waals surface area contributed by atoms with Crippen LogP contribution in [-0.4, -0.2) is 16.6 Å². The van der Waals surface area contributed by atoms with Crippen LogP contribution in [-0.2, 0) is 0 Å². The molecule has 4 heteroatoms. The Morgan fingerprint density at radius 3 is 2.05 bits per heavy atom. The summed E-state index contributed by atoms with van der Waals surface area (Å²) in [5, 5.41) is 2.27. The molecular formula is C53H40N4. The maximum Gasteiger partial charge on any atom is 0.205 e. The van der Waals surface area contributed by atoms with E-state index < -0.39 is 0 Å². The number of aliphatic imine (C=N–C) groups is 1. The molecule has 8 aromatic rings. The fraction of sp³-hybridized carbons (Fsp3) is 0.0377. The van der Waals surface area contributed by atoms with E-state index >= 15 is 0 Å². The minimum absolute atomic E-state index is 0.224. The number of hydrogen-bond acceptors (Lipinski definition) is 2. The largest absolute Gasteiger partial charge is 0.369 e. The van der Waals surface area contributed by atoms with E-state index in [2.05, 4.69) is 193 Å². The number of rotatable bonds is 7. The molecule has 2 N–H and O–H groups in total. The van der Waals surface area contributed by atoms with Crippen molar-refractivity contribution in [2.45, 2.75) is 12.0 Å². The van der Waals surface area contributed by atoms with Gasteiger partial charge in [0.05, 0.1) is 17.1 Å². The van der Waals surface area contributed by atoms with Crippen LogP contribution in [0.3, 0.4) is 0 Å². The van der Waals surface area contributed by atoms with Crippen LogP contribution in [0, 0.1) is 0 Å². The standard InChI is InChI=1S/C53H40N4/c1-36(37-23-25-39(26-24-37)41-16-12-15-40(33-41)38-13-4-2-5-14-38)31-32-55-53(54)57-50-22-11-9-20-46(50)48-35-43(28-30-52(48)57)42-27-29-51-47(34-42)45-19-8-10-21-49(45)56(51)44-17-6-3-7-18-44/h2-35,47,51H,1H2,(H2,54,55)/b32-31-. The first-order chi connectivity index (χ1) is 28.1. The van der Waals surface area contributed by atoms with Crippen LogP contribution in [0.5, 0.6) is 0 Å². The summed E-state index contributed by atoms with van der Waals surface area (Å²) >= 11 is 0. The molecule has 0 spiro atoms. The summed E-state index contributed by atoms with van der Waals surface area (Å²) in [4.78, 5) is 7.19. The number of nitrogens with zero attached hydrogens (tertiary/aromatic N) is 3. The summed E-state index contributed by atoms with van der Waals surface area (Å²) in [6, 6.07) is 62.4. The summed E-state index contributed by atoms with van der Waals surface area (Å²) in [5.74, 6) is 0.646. The van der Waals surface area contributed by atoms with Crippen molar-refractivity contribution < 1.29 is 0 Å². The number of allylic oxidation sites excluding steroid dienone is 4. The van der Waals surface area contributed by atoms with E-state index in [1.54, 1.807) is 6.20 Å². The first kappa shape index (κ1) is 34.1. The average molecular weight is 733 g/mol. The van der Waals surface area contributed by atoms with Gasteiger partial charge in [-0.1, -0.05) is 158 Å². The SMILES string of the molecule is C=C(/C=C\N=C(/N)n1c2ccccc2c2cc(C3=CC4c5ccccc5N(c5ccccc5)C4C=C3)ccc21)c1ccc(-c2cccc(-c3ccccc3)c2)cc1. The van der Waals surface area contributed by atoms with Gasteiger partial charge in [0.15, 0.2) is 0 Å². The predicted molar refractivity (Wildman–Crippen MR) is 241 cm³/mol. The van der Waals surface area contributed by atoms with Crippen molar-refractivity contribution in [2.24, 2.45) is 10.7 Å². The third-order valence-corrected chi connectivity index (χ3v) is 11.4. The fourth-order valence-corrected chi connectivity index (χ4v) is 8.57. The quantitative estimate of drug-likeness (QED) is 0.101. The van der Waals surface area contributed by atoms with Crippen molar-refractivity contribution in [3.63, 3.8) is 0 Å². The molecule has 2 heterocycles. The topological polar surface area (TPSA) is 46.5 Å². The Labute approximate surface area is 333 Å². The lowest BCUT2D eigenvalue weighted by Gasteiger charge is -2.29. The second kappa shape index (κ2) is 14.3. The maximum absolute atomic E-state index is 6.79. The Morgan fingerprint density at radius 1 is 0.596 bits per heavy atom. The molecule has 0 fully saturated rings. The van der Waals surface area contributed by atoms with Crippen molar-refractivity contribution in [3.8, 4) is 22.3 Å². The molecule has 0 bridgehead atoms. The minimum atomic E-state index is 0.224. The van der Waals surface area contributed by atoms with Crippen LogP contribution >= 0.6 is 0 Å². The zero-order valence-corrected chi connectivity index (χ0v) is 31.4. The van der Waals surface area contributed by atoms with E-state index in [-0.39, 0.29) is 12.0 Å². The normalized spacial score (nSPS) is 16.2. The number of para-hydroxylation sites is 3. The van der Waals surface area contributed by atoms with Crippen LogP contribution in [0.15, 0.2) is 218 Å². The molecule has 1 aliphatic carbocycles. The summed E-state index contributed by atoms with van der Waals surface area (Å²) in [6.07, 6.45) is 10.8. The highest BCUT2D eigenvalue weighted by atomic mass is 15.2. The summed E-state index contributed by atoms with van der Waals surface area (Å²) in [7, 11) is 0. The van der Waals surface area contributed by atoms with Gasteiger partial charge in [-0.25, -0.2) is 4.99 Å². The second-order valence-corrected chi connectivity index (χ2v) is 14.7. The van der Waals surface area contributed by atoms with Gasteiger partial charge in [-0.3, -0.25) is 4.57 Å². The molecule has 1 aromatic heterocycles. The molecular weight excluding hydrogens is 693 g/mol. The Bertz CT molecular complexity index is 2930. The Balaban J connectivity index is 0.911. The fourth-order valence-electron chi connectivity index (χ4n) is 8.57. The lowest BCUT2D eigenvalue weighted by molar-refractivity contribution is 0.747. The Morgan fingerprint density at radius 2 is 1.25 bits per heavy atom. The average Bonchev–Trinajstić information content (AvgIpc) is 3.79. The van der Waals surface area contributed by atoms with Crippen LogP contribution < -0.4 is 10.6 Å². The van der Waals surface area contributed by atoms with Crippen molar-refractivity contribution in [1.29, 1.82) is 0 Å².